The second kappa shape index (κ2) is 7.66. The molecule has 1 unspecified atom stereocenters. The highest BCUT2D eigenvalue weighted by atomic mass is 16.7. The monoisotopic (exact) mass is 403 g/mol. The van der Waals surface area contributed by atoms with Gasteiger partial charge in [-0.2, -0.15) is 0 Å². The van der Waals surface area contributed by atoms with Gasteiger partial charge in [-0.05, 0) is 12.0 Å². The van der Waals surface area contributed by atoms with Crippen LogP contribution in [0.3, 0.4) is 0 Å². The minimum absolute atomic E-state index is 0.00622. The molecule has 5 rings (SSSR count). The van der Waals surface area contributed by atoms with Gasteiger partial charge in [0.1, 0.15) is 12.2 Å². The normalized spacial score (nSPS) is 38.1. The standard InChI is InChI=1S/C20H25N3O6/c1-21-18(24)16-14-9-23(10-15(26-14)28-16)19(25)17-13-8-22-12(20(27-13)29-17)7-11-5-3-2-4-6-11/h2-6,12-17,20,22H,7-10H2,1H3,(H,21,24)/t12?,13-,14-,15-,16-,17-,20-/m1/s1. The highest BCUT2D eigenvalue weighted by molar-refractivity contribution is 5.84. The minimum Gasteiger partial charge on any atom is -0.357 e. The maximum absolute atomic E-state index is 13.2. The van der Waals surface area contributed by atoms with E-state index in [1.807, 2.05) is 18.2 Å². The quantitative estimate of drug-likeness (QED) is 0.666. The van der Waals surface area contributed by atoms with Gasteiger partial charge in [0.2, 0.25) is 0 Å². The molecule has 4 fully saturated rings. The highest BCUT2D eigenvalue weighted by Crippen LogP contribution is 2.31. The third kappa shape index (κ3) is 3.53. The van der Waals surface area contributed by atoms with Crippen molar-refractivity contribution in [3.05, 3.63) is 35.9 Å². The Morgan fingerprint density at radius 2 is 1.90 bits per heavy atom. The zero-order valence-electron chi connectivity index (χ0n) is 16.2. The number of morpholine rings is 2. The lowest BCUT2D eigenvalue weighted by molar-refractivity contribution is -0.161. The molecule has 1 aromatic rings. The number of nitrogens with zero attached hydrogens (tertiary/aromatic N) is 1. The molecule has 0 radical (unpaired) electrons. The molecule has 29 heavy (non-hydrogen) atoms. The van der Waals surface area contributed by atoms with Crippen molar-refractivity contribution in [1.29, 1.82) is 0 Å². The summed E-state index contributed by atoms with van der Waals surface area (Å²) in [6.45, 7) is 1.13. The highest BCUT2D eigenvalue weighted by Gasteiger charge is 2.52. The molecule has 9 heteroatoms. The van der Waals surface area contributed by atoms with Crippen LogP contribution in [0.5, 0.6) is 0 Å². The van der Waals surface area contributed by atoms with E-state index in [0.29, 0.717) is 13.1 Å². The second-order valence-corrected chi connectivity index (χ2v) is 7.82. The summed E-state index contributed by atoms with van der Waals surface area (Å²) in [5.74, 6) is -0.379. The topological polar surface area (TPSA) is 98.4 Å². The molecule has 4 saturated heterocycles. The number of nitrogens with one attached hydrogen (secondary N) is 2. The van der Waals surface area contributed by atoms with E-state index in [-0.39, 0.29) is 30.5 Å². The van der Waals surface area contributed by atoms with Crippen LogP contribution in [0.2, 0.25) is 0 Å². The van der Waals surface area contributed by atoms with Gasteiger partial charge in [-0.1, -0.05) is 30.3 Å². The van der Waals surface area contributed by atoms with Gasteiger partial charge >= 0.3 is 0 Å². The summed E-state index contributed by atoms with van der Waals surface area (Å²) in [6, 6.07) is 10.1. The Kier molecular flexibility index (Phi) is 5.00. The lowest BCUT2D eigenvalue weighted by Crippen LogP contribution is -2.54. The summed E-state index contributed by atoms with van der Waals surface area (Å²) in [7, 11) is 1.56. The van der Waals surface area contributed by atoms with Crippen LogP contribution in [0, 0.1) is 0 Å². The number of fused-ring (bicyclic) bond motifs is 4. The fourth-order valence-electron chi connectivity index (χ4n) is 4.45. The summed E-state index contributed by atoms with van der Waals surface area (Å²) in [5.41, 5.74) is 1.19. The molecule has 4 aliphatic heterocycles. The zero-order chi connectivity index (χ0) is 20.0. The average molecular weight is 403 g/mol. The number of ether oxygens (including phenoxy) is 4. The fourth-order valence-corrected chi connectivity index (χ4v) is 4.45. The zero-order valence-corrected chi connectivity index (χ0v) is 16.2. The number of hydrogen-bond donors (Lipinski definition) is 2. The third-order valence-corrected chi connectivity index (χ3v) is 5.93. The predicted molar refractivity (Wildman–Crippen MR) is 99.7 cm³/mol. The fraction of sp³-hybridized carbons (Fsp3) is 0.600. The molecule has 0 aromatic heterocycles. The smallest absolute Gasteiger partial charge is 0.254 e. The summed E-state index contributed by atoms with van der Waals surface area (Å²) in [4.78, 5) is 26.8. The van der Waals surface area contributed by atoms with Gasteiger partial charge in [0.05, 0.1) is 19.1 Å². The number of amides is 2. The van der Waals surface area contributed by atoms with Gasteiger partial charge in [-0.3, -0.25) is 9.59 Å². The van der Waals surface area contributed by atoms with Gasteiger partial charge < -0.3 is 34.5 Å². The third-order valence-electron chi connectivity index (χ3n) is 5.93. The van der Waals surface area contributed by atoms with Crippen molar-refractivity contribution in [1.82, 2.24) is 15.5 Å². The first-order chi connectivity index (χ1) is 14.1. The van der Waals surface area contributed by atoms with E-state index in [4.69, 9.17) is 18.9 Å². The summed E-state index contributed by atoms with van der Waals surface area (Å²) >= 11 is 0. The summed E-state index contributed by atoms with van der Waals surface area (Å²) in [5, 5.41) is 6.03. The van der Waals surface area contributed by atoms with Crippen molar-refractivity contribution < 1.29 is 28.5 Å². The number of carbonyl (C=O) groups excluding carboxylic acids is 2. The predicted octanol–water partition coefficient (Wildman–Crippen LogP) is -0.991. The van der Waals surface area contributed by atoms with Crippen LogP contribution in [0.25, 0.3) is 0 Å². The number of carbonyl (C=O) groups is 2. The molecule has 1 aromatic carbocycles. The van der Waals surface area contributed by atoms with E-state index >= 15 is 0 Å². The molecular formula is C20H25N3O6. The van der Waals surface area contributed by atoms with Crippen LogP contribution in [0.1, 0.15) is 5.56 Å². The molecular weight excluding hydrogens is 378 g/mol. The van der Waals surface area contributed by atoms with Crippen LogP contribution < -0.4 is 10.6 Å². The van der Waals surface area contributed by atoms with E-state index < -0.39 is 30.9 Å². The molecule has 4 aliphatic rings. The van der Waals surface area contributed by atoms with Gasteiger partial charge in [-0.25, -0.2) is 0 Å². The molecule has 2 N–H and O–H groups in total. The SMILES string of the molecule is CNC(=O)[C@@H]1O[C@@H]2CN(C(=O)[C@@H]3O[C@H]4O[C@@H]3CNC4Cc3ccccc3)C[C@H]1O2. The second-order valence-electron chi connectivity index (χ2n) is 7.82. The Morgan fingerprint density at radius 3 is 2.69 bits per heavy atom. The van der Waals surface area contributed by atoms with Crippen LogP contribution in [-0.2, 0) is 35.0 Å². The Morgan fingerprint density at radius 1 is 1.07 bits per heavy atom. The Balaban J connectivity index is 1.22. The van der Waals surface area contributed by atoms with E-state index in [1.54, 1.807) is 11.9 Å². The van der Waals surface area contributed by atoms with Gasteiger partial charge in [0.15, 0.2) is 24.8 Å². The molecule has 0 aliphatic carbocycles. The molecule has 9 nitrogen and oxygen atoms in total. The number of rotatable bonds is 4. The maximum atomic E-state index is 13.2. The number of benzene rings is 1. The number of hydrogen-bond acceptors (Lipinski definition) is 7. The number of likely N-dealkylation sites (N-methyl/N-ethyl adjacent to an activating group) is 1. The lowest BCUT2D eigenvalue weighted by Gasteiger charge is -2.33. The van der Waals surface area contributed by atoms with Gasteiger partial charge in [0, 0.05) is 13.6 Å². The maximum Gasteiger partial charge on any atom is 0.254 e. The molecule has 7 atom stereocenters. The van der Waals surface area contributed by atoms with Gasteiger partial charge in [0.25, 0.3) is 11.8 Å². The Hall–Kier alpha value is -2.04. The molecule has 4 heterocycles. The lowest BCUT2D eigenvalue weighted by atomic mass is 10.0. The van der Waals surface area contributed by atoms with Crippen molar-refractivity contribution >= 4 is 11.8 Å². The first kappa shape index (κ1) is 19.0. The van der Waals surface area contributed by atoms with Crippen molar-refractivity contribution in [3.63, 3.8) is 0 Å². The van der Waals surface area contributed by atoms with Crippen molar-refractivity contribution in [2.24, 2.45) is 0 Å². The van der Waals surface area contributed by atoms with Crippen molar-refractivity contribution in [2.45, 2.75) is 49.5 Å². The first-order valence-corrected chi connectivity index (χ1v) is 10.0. The van der Waals surface area contributed by atoms with Crippen LogP contribution in [0.4, 0.5) is 0 Å². The average Bonchev–Trinajstić information content (AvgIpc) is 3.26. The molecule has 2 amide bonds. The summed E-state index contributed by atoms with van der Waals surface area (Å²) in [6.07, 6.45) is -2.44. The van der Waals surface area contributed by atoms with E-state index in [1.165, 1.54) is 5.56 Å². The van der Waals surface area contributed by atoms with Crippen LogP contribution in [-0.4, -0.2) is 86.4 Å². The minimum atomic E-state index is -0.695. The Labute approximate surface area is 168 Å². The molecule has 0 spiro atoms. The molecule has 156 valence electrons. The molecule has 0 saturated carbocycles. The van der Waals surface area contributed by atoms with Crippen molar-refractivity contribution in [2.75, 3.05) is 26.7 Å². The molecule has 4 bridgehead atoms. The van der Waals surface area contributed by atoms with E-state index in [2.05, 4.69) is 22.8 Å². The van der Waals surface area contributed by atoms with Crippen molar-refractivity contribution in [3.8, 4) is 0 Å². The van der Waals surface area contributed by atoms with Crippen LogP contribution >= 0.6 is 0 Å². The largest absolute Gasteiger partial charge is 0.357 e. The van der Waals surface area contributed by atoms with Crippen LogP contribution in [0.15, 0.2) is 30.3 Å². The first-order valence-electron chi connectivity index (χ1n) is 10.0. The van der Waals surface area contributed by atoms with Gasteiger partial charge in [-0.15, -0.1) is 0 Å². The Bertz CT molecular complexity index is 777. The van der Waals surface area contributed by atoms with E-state index in [0.717, 1.165) is 6.42 Å². The van der Waals surface area contributed by atoms with E-state index in [9.17, 15) is 9.59 Å². The summed E-state index contributed by atoms with van der Waals surface area (Å²) < 4.78 is 23.4.